The van der Waals surface area contributed by atoms with E-state index in [-0.39, 0.29) is 11.5 Å². The maximum atomic E-state index is 10.9. The lowest BCUT2D eigenvalue weighted by Crippen LogP contribution is -2.06. The predicted molar refractivity (Wildman–Crippen MR) is 70.2 cm³/mol. The number of halogens is 1. The van der Waals surface area contributed by atoms with Gasteiger partial charge in [0.25, 0.3) is 0 Å². The maximum Gasteiger partial charge on any atom is 0.325 e. The summed E-state index contributed by atoms with van der Waals surface area (Å²) in [5.74, 6) is 0.222. The van der Waals surface area contributed by atoms with Gasteiger partial charge in [0.1, 0.15) is 4.47 Å². The molecular weight excluding hydrogens is 300 g/mol. The molecule has 0 aliphatic rings. The zero-order chi connectivity index (χ0) is 13.0. The van der Waals surface area contributed by atoms with Gasteiger partial charge in [-0.1, -0.05) is 6.07 Å². The molecule has 0 radical (unpaired) electrons. The lowest BCUT2D eigenvalue weighted by atomic mass is 10.3. The highest BCUT2D eigenvalue weighted by Crippen LogP contribution is 2.30. The monoisotopic (exact) mass is 308 g/mol. The Morgan fingerprint density at radius 3 is 2.78 bits per heavy atom. The second kappa shape index (κ2) is 5.54. The van der Waals surface area contributed by atoms with Crippen molar-refractivity contribution >= 4 is 27.4 Å². The Kier molecular flexibility index (Phi) is 3.83. The fourth-order valence-corrected chi connectivity index (χ4v) is 1.86. The van der Waals surface area contributed by atoms with Crippen LogP contribution in [0.3, 0.4) is 0 Å². The van der Waals surface area contributed by atoms with E-state index in [1.54, 1.807) is 6.20 Å². The van der Waals surface area contributed by atoms with Crippen molar-refractivity contribution in [2.75, 3.05) is 5.32 Å². The topological polar surface area (TPSA) is 81.0 Å². The van der Waals surface area contributed by atoms with Crippen molar-refractivity contribution in [1.82, 2.24) is 9.97 Å². The van der Waals surface area contributed by atoms with Crippen LogP contribution in [-0.4, -0.2) is 14.9 Å². The van der Waals surface area contributed by atoms with E-state index >= 15 is 0 Å². The molecule has 2 rings (SSSR count). The van der Waals surface area contributed by atoms with Crippen molar-refractivity contribution in [2.24, 2.45) is 0 Å². The normalized spacial score (nSPS) is 10.1. The quantitative estimate of drug-likeness (QED) is 0.694. The van der Waals surface area contributed by atoms with Gasteiger partial charge in [-0.2, -0.15) is 0 Å². The Hall–Kier alpha value is -2.02. The molecule has 92 valence electrons. The summed E-state index contributed by atoms with van der Waals surface area (Å²) in [6, 6.07) is 7.02. The molecule has 0 fully saturated rings. The molecule has 0 saturated carbocycles. The van der Waals surface area contributed by atoms with E-state index in [0.29, 0.717) is 11.0 Å². The summed E-state index contributed by atoms with van der Waals surface area (Å²) in [6.07, 6.45) is 3.16. The highest BCUT2D eigenvalue weighted by Gasteiger charge is 2.19. The first-order valence-electron chi connectivity index (χ1n) is 5.11. The molecule has 7 heteroatoms. The summed E-state index contributed by atoms with van der Waals surface area (Å²) in [6.45, 7) is 0.380. The molecule has 0 aliphatic heterocycles. The van der Waals surface area contributed by atoms with Crippen LogP contribution in [0.1, 0.15) is 5.69 Å². The van der Waals surface area contributed by atoms with Crippen LogP contribution in [0.2, 0.25) is 0 Å². The minimum Gasteiger partial charge on any atom is -0.359 e. The van der Waals surface area contributed by atoms with Crippen LogP contribution in [0.15, 0.2) is 41.1 Å². The third-order valence-corrected chi connectivity index (χ3v) is 2.86. The largest absolute Gasteiger partial charge is 0.359 e. The van der Waals surface area contributed by atoms with Crippen LogP contribution in [0, 0.1) is 10.1 Å². The third kappa shape index (κ3) is 2.80. The van der Waals surface area contributed by atoms with Crippen LogP contribution in [0.4, 0.5) is 11.5 Å². The van der Waals surface area contributed by atoms with Gasteiger partial charge in [0.05, 0.1) is 17.2 Å². The second-order valence-electron chi connectivity index (χ2n) is 3.42. The zero-order valence-corrected chi connectivity index (χ0v) is 10.8. The molecule has 2 aromatic rings. The van der Waals surface area contributed by atoms with Gasteiger partial charge in [0.2, 0.25) is 5.82 Å². The average molecular weight is 309 g/mol. The Balaban J connectivity index is 2.20. The molecular formula is C11H9BrN4O2. The van der Waals surface area contributed by atoms with Crippen molar-refractivity contribution < 1.29 is 4.92 Å². The number of hydrogen-bond acceptors (Lipinski definition) is 5. The minimum absolute atomic E-state index is 0.0755. The Labute approximate surface area is 111 Å². The van der Waals surface area contributed by atoms with Crippen molar-refractivity contribution in [2.45, 2.75) is 6.54 Å². The van der Waals surface area contributed by atoms with E-state index < -0.39 is 4.92 Å². The summed E-state index contributed by atoms with van der Waals surface area (Å²) < 4.78 is 0.394. The number of nitrogens with zero attached hydrogens (tertiary/aromatic N) is 3. The lowest BCUT2D eigenvalue weighted by Gasteiger charge is -2.06. The minimum atomic E-state index is -0.474. The summed E-state index contributed by atoms with van der Waals surface area (Å²) >= 11 is 3.14. The predicted octanol–water partition coefficient (Wildman–Crippen LogP) is 2.76. The van der Waals surface area contributed by atoms with Crippen LogP contribution in [-0.2, 0) is 6.54 Å². The van der Waals surface area contributed by atoms with Crippen molar-refractivity contribution in [3.63, 3.8) is 0 Å². The molecule has 6 nitrogen and oxygen atoms in total. The average Bonchev–Trinajstić information content (AvgIpc) is 2.37. The summed E-state index contributed by atoms with van der Waals surface area (Å²) in [7, 11) is 0. The molecule has 0 atom stereocenters. The lowest BCUT2D eigenvalue weighted by molar-refractivity contribution is -0.385. The first kappa shape index (κ1) is 12.4. The molecule has 0 spiro atoms. The first-order chi connectivity index (χ1) is 8.68. The number of anilines is 1. The van der Waals surface area contributed by atoms with Gasteiger partial charge >= 0.3 is 5.69 Å². The molecule has 0 aliphatic carbocycles. The van der Waals surface area contributed by atoms with Gasteiger partial charge in [0, 0.05) is 12.4 Å². The van der Waals surface area contributed by atoms with Gasteiger partial charge in [-0.05, 0) is 34.1 Å². The number of nitrogens with one attached hydrogen (secondary N) is 1. The highest BCUT2D eigenvalue weighted by molar-refractivity contribution is 9.10. The maximum absolute atomic E-state index is 10.9. The first-order valence-corrected chi connectivity index (χ1v) is 5.90. The standard InChI is InChI=1S/C11H9BrN4O2/c12-9-4-6-14-11(10(9)16(17)18)15-7-8-3-1-2-5-13-8/h1-6H,7H2,(H,14,15). The molecule has 0 amide bonds. The van der Waals surface area contributed by atoms with Crippen LogP contribution in [0.5, 0.6) is 0 Å². The van der Waals surface area contributed by atoms with Crippen molar-refractivity contribution in [3.8, 4) is 0 Å². The second-order valence-corrected chi connectivity index (χ2v) is 4.28. The van der Waals surface area contributed by atoms with Gasteiger partial charge in [-0.25, -0.2) is 4.98 Å². The number of hydrogen-bond donors (Lipinski definition) is 1. The molecule has 18 heavy (non-hydrogen) atoms. The van der Waals surface area contributed by atoms with Gasteiger partial charge in [-0.3, -0.25) is 15.1 Å². The van der Waals surface area contributed by atoms with Gasteiger partial charge in [0.15, 0.2) is 0 Å². The van der Waals surface area contributed by atoms with Crippen LogP contribution in [0.25, 0.3) is 0 Å². The highest BCUT2D eigenvalue weighted by atomic mass is 79.9. The van der Waals surface area contributed by atoms with Gasteiger partial charge in [-0.15, -0.1) is 0 Å². The fourth-order valence-electron chi connectivity index (χ4n) is 1.41. The number of nitro groups is 1. The van der Waals surface area contributed by atoms with E-state index in [0.717, 1.165) is 5.69 Å². The number of aromatic nitrogens is 2. The Morgan fingerprint density at radius 1 is 1.28 bits per heavy atom. The molecule has 1 N–H and O–H groups in total. The van der Waals surface area contributed by atoms with Crippen molar-refractivity contribution in [3.05, 3.63) is 56.9 Å². The number of pyridine rings is 2. The Morgan fingerprint density at radius 2 is 2.11 bits per heavy atom. The van der Waals surface area contributed by atoms with E-state index in [4.69, 9.17) is 0 Å². The summed E-state index contributed by atoms with van der Waals surface area (Å²) in [5.41, 5.74) is 0.710. The molecule has 2 aromatic heterocycles. The van der Waals surface area contributed by atoms with Crippen LogP contribution < -0.4 is 5.32 Å². The third-order valence-electron chi connectivity index (χ3n) is 2.22. The molecule has 2 heterocycles. The molecule has 0 unspecified atom stereocenters. The SMILES string of the molecule is O=[N+]([O-])c1c(Br)ccnc1NCc1ccccn1. The van der Waals surface area contributed by atoms with E-state index in [1.165, 1.54) is 12.3 Å². The molecule has 0 saturated heterocycles. The smallest absolute Gasteiger partial charge is 0.325 e. The number of rotatable bonds is 4. The summed E-state index contributed by atoms with van der Waals surface area (Å²) in [4.78, 5) is 18.5. The fraction of sp³-hybridized carbons (Fsp3) is 0.0909. The molecule has 0 bridgehead atoms. The Bertz CT molecular complexity index is 562. The van der Waals surface area contributed by atoms with E-state index in [2.05, 4.69) is 31.2 Å². The van der Waals surface area contributed by atoms with E-state index in [9.17, 15) is 10.1 Å². The molecule has 0 aromatic carbocycles. The zero-order valence-electron chi connectivity index (χ0n) is 9.21. The van der Waals surface area contributed by atoms with E-state index in [1.807, 2.05) is 18.2 Å². The van der Waals surface area contributed by atoms with Crippen molar-refractivity contribution in [1.29, 1.82) is 0 Å². The summed E-state index contributed by atoms with van der Waals surface area (Å²) in [5, 5.41) is 13.8. The van der Waals surface area contributed by atoms with Gasteiger partial charge < -0.3 is 5.32 Å². The van der Waals surface area contributed by atoms with Crippen LogP contribution >= 0.6 is 15.9 Å².